The van der Waals surface area contributed by atoms with E-state index in [1.807, 2.05) is 26.0 Å². The summed E-state index contributed by atoms with van der Waals surface area (Å²) >= 11 is 0. The van der Waals surface area contributed by atoms with Gasteiger partial charge < -0.3 is 9.84 Å². The van der Waals surface area contributed by atoms with Crippen LogP contribution >= 0.6 is 0 Å². The maximum absolute atomic E-state index is 9.77. The predicted molar refractivity (Wildman–Crippen MR) is 193 cm³/mol. The Morgan fingerprint density at radius 1 is 0.465 bits per heavy atom. The topological polar surface area (TPSA) is 29.5 Å². The summed E-state index contributed by atoms with van der Waals surface area (Å²) in [7, 11) is 1.75. The second-order valence-corrected chi connectivity index (χ2v) is 12.3. The van der Waals surface area contributed by atoms with Gasteiger partial charge in [-0.3, -0.25) is 0 Å². The molecule has 0 aromatic carbocycles. The molecule has 0 aromatic rings. The molecule has 1 N–H and O–H groups in total. The van der Waals surface area contributed by atoms with E-state index in [0.29, 0.717) is 6.42 Å². The maximum Gasteiger partial charge on any atom is 0.0657 e. The lowest BCUT2D eigenvalue weighted by Gasteiger charge is -2.20. The van der Waals surface area contributed by atoms with Crippen molar-refractivity contribution < 1.29 is 9.84 Å². The molecule has 43 heavy (non-hydrogen) atoms. The van der Waals surface area contributed by atoms with Crippen LogP contribution in [0.4, 0.5) is 0 Å². The van der Waals surface area contributed by atoms with Gasteiger partial charge in [0.25, 0.3) is 0 Å². The Hall–Kier alpha value is -3.46. The molecule has 2 heteroatoms. The zero-order valence-electron chi connectivity index (χ0n) is 28.8. The fourth-order valence-electron chi connectivity index (χ4n) is 3.30. The fraction of sp³-hybridized carbons (Fsp3) is 0.366. The lowest BCUT2D eigenvalue weighted by molar-refractivity contribution is 0.0255. The maximum atomic E-state index is 9.77. The number of allylic oxidation sites excluding steroid dienone is 24. The van der Waals surface area contributed by atoms with Crippen LogP contribution in [0.15, 0.2) is 155 Å². The fourth-order valence-corrected chi connectivity index (χ4v) is 3.30. The molecule has 2 nitrogen and oxygen atoms in total. The van der Waals surface area contributed by atoms with Crippen molar-refractivity contribution in [3.05, 3.63) is 155 Å². The van der Waals surface area contributed by atoms with Crippen molar-refractivity contribution in [2.75, 3.05) is 7.11 Å². The van der Waals surface area contributed by atoms with Crippen molar-refractivity contribution in [2.45, 2.75) is 93.3 Å². The lowest BCUT2D eigenvalue weighted by Crippen LogP contribution is -2.20. The number of hydrogen-bond acceptors (Lipinski definition) is 2. The normalized spacial score (nSPS) is 16.4. The van der Waals surface area contributed by atoms with E-state index in [0.717, 1.165) is 12.0 Å². The van der Waals surface area contributed by atoms with Crippen molar-refractivity contribution >= 4 is 0 Å². The molecule has 0 bridgehead atoms. The Bertz CT molecular complexity index is 1230. The molecule has 0 saturated heterocycles. The first-order valence-corrected chi connectivity index (χ1v) is 15.2. The first-order chi connectivity index (χ1) is 20.1. The highest BCUT2D eigenvalue weighted by Gasteiger charge is 2.13. The summed E-state index contributed by atoms with van der Waals surface area (Å²) in [4.78, 5) is 0. The highest BCUT2D eigenvalue weighted by Crippen LogP contribution is 2.14. The summed E-state index contributed by atoms with van der Waals surface area (Å²) in [6.45, 7) is 20.4. The molecule has 0 atom stereocenters. The second kappa shape index (κ2) is 22.1. The molecule has 0 amide bonds. The molecule has 0 aliphatic heterocycles. The van der Waals surface area contributed by atoms with E-state index in [1.54, 1.807) is 7.11 Å². The molecule has 0 saturated carbocycles. The summed E-state index contributed by atoms with van der Waals surface area (Å²) < 4.78 is 5.45. The van der Waals surface area contributed by atoms with Crippen molar-refractivity contribution in [1.29, 1.82) is 0 Å². The lowest BCUT2D eigenvalue weighted by atomic mass is 10.0. The van der Waals surface area contributed by atoms with Gasteiger partial charge in [0.1, 0.15) is 0 Å². The standard InChI is InChI=1S/C41H58O2/c1-34(22-14-24-36(3)26-16-28-38(5)30-18-32-40(7,8)42)20-12-13-21-35(2)23-15-25-37(4)27-17-29-39(6)31-19-33-41(9,10)43-11/h12-31,42H,32-33H2,1-11H3/b13-12+,22-14+,23-15+,26-16+,27-17+,30-18+,31-19+,34-20+,35-21+,36-24+,37-25+,38-28+,39-29+. The van der Waals surface area contributed by atoms with Crippen LogP contribution in [0, 0.1) is 0 Å². The van der Waals surface area contributed by atoms with Gasteiger partial charge in [-0.1, -0.05) is 155 Å². The minimum absolute atomic E-state index is 0.125. The SMILES string of the molecule is COC(C)(C)C/C=C/C(C)=C/C=C/C(C)=C/C=C/C(C)=C/C=C/C=C(C)/C=C/C=C(C)/C=C/C=C(C)/C=C/CC(C)(C)O. The van der Waals surface area contributed by atoms with Crippen LogP contribution in [-0.4, -0.2) is 23.4 Å². The monoisotopic (exact) mass is 582 g/mol. The zero-order chi connectivity index (χ0) is 32.7. The Balaban J connectivity index is 4.79. The van der Waals surface area contributed by atoms with Gasteiger partial charge >= 0.3 is 0 Å². The van der Waals surface area contributed by atoms with Crippen LogP contribution in [0.1, 0.15) is 82.1 Å². The number of methoxy groups -OCH3 is 1. The van der Waals surface area contributed by atoms with Gasteiger partial charge in [-0.25, -0.2) is 0 Å². The van der Waals surface area contributed by atoms with Crippen molar-refractivity contribution in [3.63, 3.8) is 0 Å². The highest BCUT2D eigenvalue weighted by atomic mass is 16.5. The molecule has 0 fully saturated rings. The first kappa shape index (κ1) is 39.5. The van der Waals surface area contributed by atoms with Gasteiger partial charge in [0.15, 0.2) is 0 Å². The molecular weight excluding hydrogens is 524 g/mol. The van der Waals surface area contributed by atoms with Crippen LogP contribution < -0.4 is 0 Å². The Kier molecular flexibility index (Phi) is 20.3. The van der Waals surface area contributed by atoms with Crippen LogP contribution in [0.25, 0.3) is 0 Å². The molecule has 0 aromatic heterocycles. The summed E-state index contributed by atoms with van der Waals surface area (Å²) in [6, 6.07) is 0. The number of rotatable bonds is 17. The smallest absolute Gasteiger partial charge is 0.0657 e. The first-order valence-electron chi connectivity index (χ1n) is 15.2. The summed E-state index contributed by atoms with van der Waals surface area (Å²) in [5.74, 6) is 0. The molecule has 0 rings (SSSR count). The van der Waals surface area contributed by atoms with E-state index in [4.69, 9.17) is 4.74 Å². The van der Waals surface area contributed by atoms with E-state index in [1.165, 1.54) is 27.9 Å². The largest absolute Gasteiger partial charge is 0.390 e. The van der Waals surface area contributed by atoms with E-state index >= 15 is 0 Å². The molecule has 0 unspecified atom stereocenters. The third kappa shape index (κ3) is 25.9. The Labute approximate surface area is 264 Å². The predicted octanol–water partition coefficient (Wildman–Crippen LogP) is 11.5. The molecule has 234 valence electrons. The Morgan fingerprint density at radius 2 is 0.744 bits per heavy atom. The average molecular weight is 583 g/mol. The van der Waals surface area contributed by atoms with Crippen molar-refractivity contribution in [1.82, 2.24) is 0 Å². The average Bonchev–Trinajstić information content (AvgIpc) is 2.90. The molecular formula is C41H58O2. The van der Waals surface area contributed by atoms with Crippen LogP contribution in [0.2, 0.25) is 0 Å². The third-order valence-electron chi connectivity index (χ3n) is 6.24. The number of aliphatic hydroxyl groups is 1. The van der Waals surface area contributed by atoms with E-state index in [-0.39, 0.29) is 5.60 Å². The van der Waals surface area contributed by atoms with Crippen molar-refractivity contribution in [2.24, 2.45) is 0 Å². The molecule has 0 spiro atoms. The molecule has 0 aliphatic rings. The van der Waals surface area contributed by atoms with Crippen LogP contribution in [0.5, 0.6) is 0 Å². The van der Waals surface area contributed by atoms with Crippen LogP contribution in [-0.2, 0) is 4.74 Å². The van der Waals surface area contributed by atoms with E-state index in [2.05, 4.69) is 165 Å². The van der Waals surface area contributed by atoms with Crippen LogP contribution in [0.3, 0.4) is 0 Å². The van der Waals surface area contributed by atoms with Gasteiger partial charge in [-0.15, -0.1) is 0 Å². The van der Waals surface area contributed by atoms with Gasteiger partial charge in [-0.2, -0.15) is 0 Å². The van der Waals surface area contributed by atoms with Crippen molar-refractivity contribution in [3.8, 4) is 0 Å². The second-order valence-electron chi connectivity index (χ2n) is 12.3. The number of ether oxygens (including phenoxy) is 1. The molecule has 0 radical (unpaired) electrons. The third-order valence-corrected chi connectivity index (χ3v) is 6.24. The van der Waals surface area contributed by atoms with E-state index in [9.17, 15) is 5.11 Å². The summed E-state index contributed by atoms with van der Waals surface area (Å²) in [5.41, 5.74) is 6.32. The minimum atomic E-state index is -0.665. The van der Waals surface area contributed by atoms with Gasteiger partial charge in [0.2, 0.25) is 0 Å². The van der Waals surface area contributed by atoms with E-state index < -0.39 is 5.60 Å². The van der Waals surface area contributed by atoms with Gasteiger partial charge in [-0.05, 0) is 82.1 Å². The minimum Gasteiger partial charge on any atom is -0.390 e. The summed E-state index contributed by atoms with van der Waals surface area (Å²) in [5, 5.41) is 9.77. The zero-order valence-corrected chi connectivity index (χ0v) is 28.8. The molecule has 0 aliphatic carbocycles. The highest BCUT2D eigenvalue weighted by molar-refractivity contribution is 5.33. The Morgan fingerprint density at radius 3 is 1.05 bits per heavy atom. The quantitative estimate of drug-likeness (QED) is 0.173. The summed E-state index contributed by atoms with van der Waals surface area (Å²) in [6.07, 6.45) is 43.4. The van der Waals surface area contributed by atoms with Gasteiger partial charge in [0, 0.05) is 7.11 Å². The number of hydrogen-bond donors (Lipinski definition) is 1. The van der Waals surface area contributed by atoms with Gasteiger partial charge in [0.05, 0.1) is 11.2 Å². The molecule has 0 heterocycles.